The van der Waals surface area contributed by atoms with Gasteiger partial charge in [-0.15, -0.1) is 0 Å². The van der Waals surface area contributed by atoms with Crippen LogP contribution in [-0.2, 0) is 21.4 Å². The average molecular weight is 445 g/mol. The van der Waals surface area contributed by atoms with E-state index in [4.69, 9.17) is 0 Å². The van der Waals surface area contributed by atoms with Gasteiger partial charge < -0.3 is 5.32 Å². The van der Waals surface area contributed by atoms with E-state index in [0.29, 0.717) is 16.5 Å². The Labute approximate surface area is 188 Å². The SMILES string of the molecule is CC(=O)Nc1cccc2c(S(=O)(=O)NCc3ccccc3-c3ccc(C)cc3)cccc12. The van der Waals surface area contributed by atoms with Crippen LogP contribution in [0, 0.1) is 6.92 Å². The summed E-state index contributed by atoms with van der Waals surface area (Å²) in [6.07, 6.45) is 0. The van der Waals surface area contributed by atoms with E-state index in [9.17, 15) is 13.2 Å². The van der Waals surface area contributed by atoms with Crippen molar-refractivity contribution in [2.75, 3.05) is 5.32 Å². The van der Waals surface area contributed by atoms with E-state index in [1.54, 1.807) is 36.4 Å². The molecule has 0 saturated heterocycles. The average Bonchev–Trinajstić information content (AvgIpc) is 2.78. The third-order valence-electron chi connectivity index (χ3n) is 5.31. The number of nitrogens with one attached hydrogen (secondary N) is 2. The van der Waals surface area contributed by atoms with E-state index in [2.05, 4.69) is 10.0 Å². The molecule has 1 amide bonds. The van der Waals surface area contributed by atoms with Crippen molar-refractivity contribution in [1.82, 2.24) is 4.72 Å². The summed E-state index contributed by atoms with van der Waals surface area (Å²) in [6, 6.07) is 26.2. The molecular weight excluding hydrogens is 420 g/mol. The van der Waals surface area contributed by atoms with Crippen molar-refractivity contribution >= 4 is 32.4 Å². The molecule has 4 aromatic carbocycles. The van der Waals surface area contributed by atoms with E-state index in [-0.39, 0.29) is 17.3 Å². The van der Waals surface area contributed by atoms with Crippen LogP contribution in [-0.4, -0.2) is 14.3 Å². The van der Waals surface area contributed by atoms with Gasteiger partial charge in [0.1, 0.15) is 0 Å². The van der Waals surface area contributed by atoms with Crippen molar-refractivity contribution in [3.63, 3.8) is 0 Å². The number of fused-ring (bicyclic) bond motifs is 1. The van der Waals surface area contributed by atoms with Crippen molar-refractivity contribution in [1.29, 1.82) is 0 Å². The highest BCUT2D eigenvalue weighted by molar-refractivity contribution is 7.89. The van der Waals surface area contributed by atoms with E-state index in [1.807, 2.05) is 55.5 Å². The zero-order chi connectivity index (χ0) is 22.7. The van der Waals surface area contributed by atoms with E-state index >= 15 is 0 Å². The lowest BCUT2D eigenvalue weighted by Crippen LogP contribution is -2.23. The van der Waals surface area contributed by atoms with Crippen molar-refractivity contribution in [2.24, 2.45) is 0 Å². The molecule has 0 spiro atoms. The molecule has 0 aromatic heterocycles. The van der Waals surface area contributed by atoms with Crippen LogP contribution in [0.2, 0.25) is 0 Å². The number of rotatable bonds is 6. The first-order valence-electron chi connectivity index (χ1n) is 10.3. The van der Waals surface area contributed by atoms with Gasteiger partial charge in [-0.25, -0.2) is 13.1 Å². The molecule has 0 unspecified atom stereocenters. The standard InChI is InChI=1S/C26H24N2O3S/c1-18-13-15-20(16-14-18)22-8-4-3-7-21(22)17-27-32(30,31)26-12-6-9-23-24(26)10-5-11-25(23)28-19(2)29/h3-16,27H,17H2,1-2H3,(H,28,29). The summed E-state index contributed by atoms with van der Waals surface area (Å²) in [5.41, 5.74) is 4.66. The van der Waals surface area contributed by atoms with Crippen LogP contribution in [0.25, 0.3) is 21.9 Å². The zero-order valence-corrected chi connectivity index (χ0v) is 18.7. The van der Waals surface area contributed by atoms with Gasteiger partial charge in [-0.2, -0.15) is 0 Å². The molecule has 0 aliphatic carbocycles. The molecule has 0 fully saturated rings. The van der Waals surface area contributed by atoms with Crippen LogP contribution in [0.5, 0.6) is 0 Å². The highest BCUT2D eigenvalue weighted by Gasteiger charge is 2.19. The molecule has 2 N–H and O–H groups in total. The summed E-state index contributed by atoms with van der Waals surface area (Å²) in [6.45, 7) is 3.62. The summed E-state index contributed by atoms with van der Waals surface area (Å²) in [4.78, 5) is 11.7. The Kier molecular flexibility index (Phi) is 6.08. The molecule has 162 valence electrons. The second-order valence-electron chi connectivity index (χ2n) is 7.69. The molecule has 0 aliphatic heterocycles. The molecule has 5 nitrogen and oxygen atoms in total. The van der Waals surface area contributed by atoms with Crippen LogP contribution >= 0.6 is 0 Å². The molecule has 4 aromatic rings. The van der Waals surface area contributed by atoms with Gasteiger partial charge in [0.25, 0.3) is 0 Å². The van der Waals surface area contributed by atoms with Crippen molar-refractivity contribution < 1.29 is 13.2 Å². The first kappa shape index (κ1) is 21.7. The predicted octanol–water partition coefficient (Wildman–Crippen LogP) is 5.25. The van der Waals surface area contributed by atoms with Crippen molar-refractivity contribution in [2.45, 2.75) is 25.3 Å². The summed E-state index contributed by atoms with van der Waals surface area (Å²) >= 11 is 0. The molecule has 0 heterocycles. The number of hydrogen-bond acceptors (Lipinski definition) is 3. The monoisotopic (exact) mass is 444 g/mol. The van der Waals surface area contributed by atoms with Gasteiger partial charge in [0, 0.05) is 29.9 Å². The Bertz CT molecular complexity index is 1390. The zero-order valence-electron chi connectivity index (χ0n) is 17.9. The third-order valence-corrected chi connectivity index (χ3v) is 6.77. The first-order valence-corrected chi connectivity index (χ1v) is 11.8. The number of anilines is 1. The van der Waals surface area contributed by atoms with Gasteiger partial charge in [-0.3, -0.25) is 4.79 Å². The first-order chi connectivity index (χ1) is 15.3. The highest BCUT2D eigenvalue weighted by atomic mass is 32.2. The Morgan fingerprint density at radius 1 is 0.812 bits per heavy atom. The van der Waals surface area contributed by atoms with Crippen LogP contribution in [0.15, 0.2) is 89.8 Å². The molecule has 6 heteroatoms. The summed E-state index contributed by atoms with van der Waals surface area (Å²) in [7, 11) is -3.80. The smallest absolute Gasteiger partial charge is 0.241 e. The fraction of sp³-hybridized carbons (Fsp3) is 0.115. The number of hydrogen-bond donors (Lipinski definition) is 2. The molecular formula is C26H24N2O3S. The summed E-state index contributed by atoms with van der Waals surface area (Å²) in [5.74, 6) is -0.211. The lowest BCUT2D eigenvalue weighted by atomic mass is 9.99. The maximum atomic E-state index is 13.2. The Morgan fingerprint density at radius 2 is 1.50 bits per heavy atom. The molecule has 0 atom stereocenters. The van der Waals surface area contributed by atoms with Crippen molar-refractivity contribution in [3.05, 3.63) is 96.1 Å². The Balaban J connectivity index is 1.66. The van der Waals surface area contributed by atoms with Crippen LogP contribution in [0.3, 0.4) is 0 Å². The molecule has 0 bridgehead atoms. The topological polar surface area (TPSA) is 75.3 Å². The minimum absolute atomic E-state index is 0.161. The Morgan fingerprint density at radius 3 is 2.25 bits per heavy atom. The molecule has 0 radical (unpaired) electrons. The molecule has 0 aliphatic rings. The molecule has 0 saturated carbocycles. The largest absolute Gasteiger partial charge is 0.326 e. The maximum Gasteiger partial charge on any atom is 0.241 e. The van der Waals surface area contributed by atoms with Crippen LogP contribution in [0.1, 0.15) is 18.1 Å². The van der Waals surface area contributed by atoms with E-state index in [1.165, 1.54) is 12.5 Å². The predicted molar refractivity (Wildman–Crippen MR) is 129 cm³/mol. The number of sulfonamides is 1. The minimum atomic E-state index is -3.80. The van der Waals surface area contributed by atoms with Gasteiger partial charge in [-0.05, 0) is 35.7 Å². The fourth-order valence-electron chi connectivity index (χ4n) is 3.75. The fourth-order valence-corrected chi connectivity index (χ4v) is 4.98. The summed E-state index contributed by atoms with van der Waals surface area (Å²) < 4.78 is 29.2. The van der Waals surface area contributed by atoms with Crippen molar-refractivity contribution in [3.8, 4) is 11.1 Å². The lowest BCUT2D eigenvalue weighted by Gasteiger charge is -2.14. The van der Waals surface area contributed by atoms with Gasteiger partial charge in [0.05, 0.1) is 4.90 Å². The van der Waals surface area contributed by atoms with Gasteiger partial charge in [-0.1, -0.05) is 78.4 Å². The second kappa shape index (κ2) is 8.94. The number of aryl methyl sites for hydroxylation is 1. The van der Waals surface area contributed by atoms with E-state index in [0.717, 1.165) is 16.7 Å². The second-order valence-corrected chi connectivity index (χ2v) is 9.42. The Hall–Kier alpha value is -3.48. The van der Waals surface area contributed by atoms with Gasteiger partial charge in [0.2, 0.25) is 15.9 Å². The number of amides is 1. The highest BCUT2D eigenvalue weighted by Crippen LogP contribution is 2.29. The molecule has 32 heavy (non-hydrogen) atoms. The normalized spacial score (nSPS) is 11.4. The quantitative estimate of drug-likeness (QED) is 0.426. The van der Waals surface area contributed by atoms with Gasteiger partial charge >= 0.3 is 0 Å². The van der Waals surface area contributed by atoms with Gasteiger partial charge in [0.15, 0.2) is 0 Å². The van der Waals surface area contributed by atoms with Crippen LogP contribution in [0.4, 0.5) is 5.69 Å². The maximum absolute atomic E-state index is 13.2. The number of carbonyl (C=O) groups excluding carboxylic acids is 1. The van der Waals surface area contributed by atoms with Crippen LogP contribution < -0.4 is 10.0 Å². The number of benzene rings is 4. The van der Waals surface area contributed by atoms with E-state index < -0.39 is 10.0 Å². The lowest BCUT2D eigenvalue weighted by molar-refractivity contribution is -0.114. The number of carbonyl (C=O) groups is 1. The third kappa shape index (κ3) is 4.56. The summed E-state index contributed by atoms with van der Waals surface area (Å²) in [5, 5.41) is 3.99. The minimum Gasteiger partial charge on any atom is -0.326 e. The molecule has 4 rings (SSSR count).